The van der Waals surface area contributed by atoms with E-state index in [1.54, 1.807) is 25.1 Å². The predicted octanol–water partition coefficient (Wildman–Crippen LogP) is 0.759. The van der Waals surface area contributed by atoms with Gasteiger partial charge in [-0.25, -0.2) is 4.79 Å². The molecule has 0 fully saturated rings. The lowest BCUT2D eigenvalue weighted by Crippen LogP contribution is -2.44. The number of amides is 5. The summed E-state index contributed by atoms with van der Waals surface area (Å²) in [5, 5.41) is 4.41. The molecule has 1 aromatic carbocycles. The van der Waals surface area contributed by atoms with Crippen LogP contribution >= 0.6 is 0 Å². The average Bonchev–Trinajstić information content (AvgIpc) is 2.83. The number of imide groups is 2. The molecule has 0 saturated carbocycles. The first-order valence-electron chi connectivity index (χ1n) is 8.49. The van der Waals surface area contributed by atoms with Crippen LogP contribution in [0.2, 0.25) is 0 Å². The van der Waals surface area contributed by atoms with E-state index in [-0.39, 0.29) is 13.0 Å². The number of fused-ring (bicyclic) bond motifs is 1. The van der Waals surface area contributed by atoms with Crippen molar-refractivity contribution >= 4 is 29.7 Å². The fraction of sp³-hybridized carbons (Fsp3) is 0.389. The van der Waals surface area contributed by atoms with E-state index in [4.69, 9.17) is 4.74 Å². The van der Waals surface area contributed by atoms with Crippen molar-refractivity contribution in [3.05, 3.63) is 34.9 Å². The molecule has 2 N–H and O–H groups in total. The van der Waals surface area contributed by atoms with Crippen molar-refractivity contribution in [2.45, 2.75) is 33.3 Å². The molecule has 0 spiro atoms. The van der Waals surface area contributed by atoms with Gasteiger partial charge in [0.25, 0.3) is 17.7 Å². The van der Waals surface area contributed by atoms with Crippen molar-refractivity contribution in [3.63, 3.8) is 0 Å². The maximum absolute atomic E-state index is 12.3. The first-order valence-corrected chi connectivity index (χ1v) is 8.49. The first kappa shape index (κ1) is 20.1. The fourth-order valence-corrected chi connectivity index (χ4v) is 2.54. The number of benzene rings is 1. The van der Waals surface area contributed by atoms with Crippen LogP contribution in [0.15, 0.2) is 18.2 Å². The van der Waals surface area contributed by atoms with Gasteiger partial charge in [0.15, 0.2) is 6.10 Å². The van der Waals surface area contributed by atoms with Gasteiger partial charge in [-0.05, 0) is 32.9 Å². The van der Waals surface area contributed by atoms with E-state index in [1.807, 2.05) is 12.2 Å². The van der Waals surface area contributed by atoms with Gasteiger partial charge in [0.1, 0.15) is 0 Å². The van der Waals surface area contributed by atoms with Crippen molar-refractivity contribution in [1.29, 1.82) is 0 Å². The third kappa shape index (κ3) is 4.69. The molecule has 1 heterocycles. The Bertz CT molecular complexity index is 804. The Morgan fingerprint density at radius 3 is 2.48 bits per heavy atom. The molecule has 144 valence electrons. The van der Waals surface area contributed by atoms with Crippen LogP contribution in [0.1, 0.15) is 46.5 Å². The second kappa shape index (κ2) is 8.43. The van der Waals surface area contributed by atoms with Crippen LogP contribution in [0.3, 0.4) is 0 Å². The van der Waals surface area contributed by atoms with E-state index in [0.717, 1.165) is 10.5 Å². The normalized spacial score (nSPS) is 13.8. The van der Waals surface area contributed by atoms with E-state index in [1.165, 1.54) is 6.92 Å². The maximum Gasteiger partial charge on any atom is 0.321 e. The van der Waals surface area contributed by atoms with Gasteiger partial charge in [0, 0.05) is 13.1 Å². The SMILES string of the molecule is CCNC(=O)NC(=O)C(C)OC(=O)CCN1C(=O)c2ccc(C)cc2C1=O. The topological polar surface area (TPSA) is 122 Å². The highest BCUT2D eigenvalue weighted by molar-refractivity contribution is 6.21. The largest absolute Gasteiger partial charge is 0.452 e. The van der Waals surface area contributed by atoms with Crippen molar-refractivity contribution in [2.24, 2.45) is 0 Å². The Labute approximate surface area is 156 Å². The highest BCUT2D eigenvalue weighted by atomic mass is 16.5. The zero-order valence-electron chi connectivity index (χ0n) is 15.3. The van der Waals surface area contributed by atoms with Gasteiger partial charge in [-0.1, -0.05) is 11.6 Å². The number of rotatable bonds is 6. The van der Waals surface area contributed by atoms with Crippen LogP contribution in [0, 0.1) is 6.92 Å². The molecule has 1 aliphatic rings. The smallest absolute Gasteiger partial charge is 0.321 e. The van der Waals surface area contributed by atoms with Crippen molar-refractivity contribution in [1.82, 2.24) is 15.5 Å². The monoisotopic (exact) mass is 375 g/mol. The lowest BCUT2D eigenvalue weighted by atomic mass is 10.1. The molecule has 5 amide bonds. The minimum atomic E-state index is -1.19. The molecular weight excluding hydrogens is 354 g/mol. The maximum atomic E-state index is 12.3. The number of nitrogens with one attached hydrogen (secondary N) is 2. The standard InChI is InChI=1S/C18H21N3O6/c1-4-19-18(26)20-15(23)11(3)27-14(22)7-8-21-16(24)12-6-5-10(2)9-13(12)17(21)25/h5-6,9,11H,4,7-8H2,1-3H3,(H2,19,20,23,26). The van der Waals surface area contributed by atoms with Crippen molar-refractivity contribution < 1.29 is 28.7 Å². The van der Waals surface area contributed by atoms with Crippen LogP contribution in [-0.4, -0.2) is 53.8 Å². The van der Waals surface area contributed by atoms with Crippen LogP contribution in [0.25, 0.3) is 0 Å². The summed E-state index contributed by atoms with van der Waals surface area (Å²) in [5.74, 6) is -2.47. The minimum absolute atomic E-state index is 0.158. The molecule has 9 nitrogen and oxygen atoms in total. The Morgan fingerprint density at radius 1 is 1.15 bits per heavy atom. The van der Waals surface area contributed by atoms with Gasteiger partial charge in [-0.3, -0.25) is 29.4 Å². The Kier molecular flexibility index (Phi) is 6.27. The third-order valence-electron chi connectivity index (χ3n) is 3.92. The zero-order valence-corrected chi connectivity index (χ0v) is 15.3. The molecule has 1 aromatic rings. The van der Waals surface area contributed by atoms with Gasteiger partial charge in [-0.15, -0.1) is 0 Å². The molecule has 0 bridgehead atoms. The van der Waals surface area contributed by atoms with Crippen LogP contribution in [0.5, 0.6) is 0 Å². The number of hydrogen-bond acceptors (Lipinski definition) is 6. The van der Waals surface area contributed by atoms with Crippen LogP contribution in [-0.2, 0) is 14.3 Å². The number of esters is 1. The van der Waals surface area contributed by atoms with Crippen molar-refractivity contribution in [3.8, 4) is 0 Å². The van der Waals surface area contributed by atoms with E-state index < -0.39 is 35.8 Å². The predicted molar refractivity (Wildman–Crippen MR) is 93.9 cm³/mol. The number of aryl methyl sites for hydroxylation is 1. The van der Waals surface area contributed by atoms with Crippen LogP contribution in [0.4, 0.5) is 4.79 Å². The number of hydrogen-bond donors (Lipinski definition) is 2. The molecule has 0 radical (unpaired) electrons. The summed E-state index contributed by atoms with van der Waals surface area (Å²) in [6, 6.07) is 4.25. The molecule has 27 heavy (non-hydrogen) atoms. The zero-order chi connectivity index (χ0) is 20.1. The molecule has 0 aliphatic carbocycles. The summed E-state index contributed by atoms with van der Waals surface area (Å²) in [7, 11) is 0. The molecule has 1 atom stereocenters. The lowest BCUT2D eigenvalue weighted by molar-refractivity contribution is -0.154. The number of urea groups is 1. The van der Waals surface area contributed by atoms with Crippen molar-refractivity contribution in [2.75, 3.05) is 13.1 Å². The van der Waals surface area contributed by atoms with Gasteiger partial charge in [0.05, 0.1) is 17.5 Å². The highest BCUT2D eigenvalue weighted by Crippen LogP contribution is 2.24. The average molecular weight is 375 g/mol. The molecule has 9 heteroatoms. The van der Waals surface area contributed by atoms with E-state index >= 15 is 0 Å². The summed E-state index contributed by atoms with van der Waals surface area (Å²) in [6.45, 7) is 5.00. The number of ether oxygens (including phenoxy) is 1. The van der Waals surface area contributed by atoms with Gasteiger partial charge >= 0.3 is 12.0 Å². The number of carbonyl (C=O) groups is 5. The van der Waals surface area contributed by atoms with Gasteiger partial charge < -0.3 is 10.1 Å². The van der Waals surface area contributed by atoms with Gasteiger partial charge in [0.2, 0.25) is 0 Å². The first-order chi connectivity index (χ1) is 12.7. The summed E-state index contributed by atoms with van der Waals surface area (Å²) in [5.41, 5.74) is 1.46. The Morgan fingerprint density at radius 2 is 1.81 bits per heavy atom. The Hall–Kier alpha value is -3.23. The highest BCUT2D eigenvalue weighted by Gasteiger charge is 2.35. The summed E-state index contributed by atoms with van der Waals surface area (Å²) >= 11 is 0. The fourth-order valence-electron chi connectivity index (χ4n) is 2.54. The van der Waals surface area contributed by atoms with E-state index in [9.17, 15) is 24.0 Å². The summed E-state index contributed by atoms with van der Waals surface area (Å²) in [4.78, 5) is 60.5. The summed E-state index contributed by atoms with van der Waals surface area (Å²) < 4.78 is 4.94. The molecular formula is C18H21N3O6. The third-order valence-corrected chi connectivity index (χ3v) is 3.92. The van der Waals surface area contributed by atoms with Gasteiger partial charge in [-0.2, -0.15) is 0 Å². The molecule has 2 rings (SSSR count). The summed E-state index contributed by atoms with van der Waals surface area (Å²) in [6.07, 6.45) is -1.45. The molecule has 0 saturated heterocycles. The molecule has 1 aliphatic heterocycles. The molecule has 1 unspecified atom stereocenters. The second-order valence-electron chi connectivity index (χ2n) is 6.04. The number of carbonyl (C=O) groups excluding carboxylic acids is 5. The quantitative estimate of drug-likeness (QED) is 0.559. The minimum Gasteiger partial charge on any atom is -0.452 e. The van der Waals surface area contributed by atoms with E-state index in [2.05, 4.69) is 5.32 Å². The van der Waals surface area contributed by atoms with Crippen LogP contribution < -0.4 is 10.6 Å². The van der Waals surface area contributed by atoms with E-state index in [0.29, 0.717) is 17.7 Å². The second-order valence-corrected chi connectivity index (χ2v) is 6.04. The lowest BCUT2D eigenvalue weighted by Gasteiger charge is -2.15. The Balaban J connectivity index is 1.87. The molecule has 0 aromatic heterocycles. The number of nitrogens with zero attached hydrogens (tertiary/aromatic N) is 1.